The molecule has 3 nitrogen and oxygen atoms in total. The second kappa shape index (κ2) is 7.19. The fraction of sp³-hybridized carbons (Fsp3) is 0.353. The van der Waals surface area contributed by atoms with Crippen LogP contribution in [0.2, 0.25) is 5.02 Å². The molecule has 1 unspecified atom stereocenters. The van der Waals surface area contributed by atoms with E-state index >= 15 is 0 Å². The molecule has 0 radical (unpaired) electrons. The first kappa shape index (κ1) is 15.5. The average molecular weight is 300 g/mol. The van der Waals surface area contributed by atoms with Crippen LogP contribution in [0, 0.1) is 11.3 Å². The Balaban J connectivity index is 2.38. The van der Waals surface area contributed by atoms with Crippen LogP contribution >= 0.6 is 11.6 Å². The summed E-state index contributed by atoms with van der Waals surface area (Å²) in [6.07, 6.45) is 8.46. The molecule has 0 saturated carbocycles. The summed E-state index contributed by atoms with van der Waals surface area (Å²) in [6.45, 7) is 2.13. The lowest BCUT2D eigenvalue weighted by molar-refractivity contribution is 0.471. The lowest BCUT2D eigenvalue weighted by Gasteiger charge is -2.27. The molecule has 0 amide bonds. The molecule has 1 atom stereocenters. The quantitative estimate of drug-likeness (QED) is 0.798. The van der Waals surface area contributed by atoms with Crippen LogP contribution in [-0.2, 0) is 11.8 Å². The van der Waals surface area contributed by atoms with Crippen LogP contribution in [0.3, 0.4) is 0 Å². The number of aromatic nitrogens is 2. The molecule has 1 heterocycles. The number of unbranched alkanes of at least 4 members (excludes halogenated alkanes) is 1. The van der Waals surface area contributed by atoms with Crippen LogP contribution < -0.4 is 0 Å². The van der Waals surface area contributed by atoms with Gasteiger partial charge in [0.25, 0.3) is 0 Å². The average Bonchev–Trinajstić information content (AvgIpc) is 2.53. The number of nitrogens with zero attached hydrogens (tertiary/aromatic N) is 3. The van der Waals surface area contributed by atoms with Gasteiger partial charge < -0.3 is 0 Å². The van der Waals surface area contributed by atoms with Crippen LogP contribution in [0.25, 0.3) is 0 Å². The van der Waals surface area contributed by atoms with E-state index in [1.807, 2.05) is 24.3 Å². The van der Waals surface area contributed by atoms with Gasteiger partial charge in [0.1, 0.15) is 0 Å². The number of rotatable bonds is 6. The molecule has 0 spiro atoms. The number of hydrogen-bond donors (Lipinski definition) is 0. The maximum Gasteiger partial charge on any atom is 0.0878 e. The van der Waals surface area contributed by atoms with Gasteiger partial charge in [-0.15, -0.1) is 0 Å². The lowest BCUT2D eigenvalue weighted by atomic mass is 9.74. The van der Waals surface area contributed by atoms with Gasteiger partial charge in [-0.2, -0.15) is 5.26 Å². The van der Waals surface area contributed by atoms with Crippen molar-refractivity contribution in [2.45, 2.75) is 38.0 Å². The maximum absolute atomic E-state index is 9.86. The number of benzene rings is 1. The first-order chi connectivity index (χ1) is 10.2. The fourth-order valence-corrected chi connectivity index (χ4v) is 2.60. The van der Waals surface area contributed by atoms with Crippen molar-refractivity contribution >= 4 is 11.6 Å². The molecule has 21 heavy (non-hydrogen) atoms. The Labute approximate surface area is 130 Å². The van der Waals surface area contributed by atoms with Gasteiger partial charge in [0.15, 0.2) is 0 Å². The second-order valence-corrected chi connectivity index (χ2v) is 5.61. The molecular weight excluding hydrogens is 282 g/mol. The van der Waals surface area contributed by atoms with E-state index in [0.29, 0.717) is 11.4 Å². The molecular formula is C17H18ClN3. The highest BCUT2D eigenvalue weighted by atomic mass is 35.5. The molecule has 1 aromatic heterocycles. The minimum atomic E-state index is -0.573. The third-order valence-electron chi connectivity index (χ3n) is 3.67. The normalized spacial score (nSPS) is 13.4. The van der Waals surface area contributed by atoms with E-state index < -0.39 is 5.41 Å². The highest BCUT2D eigenvalue weighted by Crippen LogP contribution is 2.33. The predicted molar refractivity (Wildman–Crippen MR) is 84.0 cm³/mol. The van der Waals surface area contributed by atoms with Crippen molar-refractivity contribution in [3.8, 4) is 6.07 Å². The van der Waals surface area contributed by atoms with E-state index in [4.69, 9.17) is 11.6 Å². The van der Waals surface area contributed by atoms with Gasteiger partial charge in [-0.3, -0.25) is 9.97 Å². The van der Waals surface area contributed by atoms with Gasteiger partial charge in [-0.1, -0.05) is 43.5 Å². The summed E-state index contributed by atoms with van der Waals surface area (Å²) in [5.74, 6) is 0. The van der Waals surface area contributed by atoms with Gasteiger partial charge in [-0.05, 0) is 24.1 Å². The van der Waals surface area contributed by atoms with Crippen molar-refractivity contribution < 1.29 is 0 Å². The highest BCUT2D eigenvalue weighted by Gasteiger charge is 2.32. The SMILES string of the molecule is CCCCC(C#N)(Cc1cnccn1)c1ccc(Cl)cc1. The Kier molecular flexibility index (Phi) is 5.30. The van der Waals surface area contributed by atoms with Gasteiger partial charge in [0.05, 0.1) is 17.2 Å². The summed E-state index contributed by atoms with van der Waals surface area (Å²) in [5, 5.41) is 10.5. The van der Waals surface area contributed by atoms with Crippen LogP contribution in [0.4, 0.5) is 0 Å². The molecule has 1 aromatic carbocycles. The summed E-state index contributed by atoms with van der Waals surface area (Å²) in [7, 11) is 0. The summed E-state index contributed by atoms with van der Waals surface area (Å²) in [5.41, 5.74) is 1.26. The summed E-state index contributed by atoms with van der Waals surface area (Å²) >= 11 is 5.96. The van der Waals surface area contributed by atoms with Crippen LogP contribution in [0.15, 0.2) is 42.9 Å². The Morgan fingerprint density at radius 2 is 2.00 bits per heavy atom. The zero-order valence-corrected chi connectivity index (χ0v) is 12.8. The number of nitriles is 1. The van der Waals surface area contributed by atoms with Gasteiger partial charge >= 0.3 is 0 Å². The molecule has 2 rings (SSSR count). The van der Waals surface area contributed by atoms with E-state index in [0.717, 1.165) is 30.5 Å². The molecule has 0 saturated heterocycles. The molecule has 0 aliphatic heterocycles. The second-order valence-electron chi connectivity index (χ2n) is 5.18. The number of halogens is 1. The molecule has 0 bridgehead atoms. The Morgan fingerprint density at radius 1 is 1.24 bits per heavy atom. The number of hydrogen-bond acceptors (Lipinski definition) is 3. The van der Waals surface area contributed by atoms with Gasteiger partial charge in [0, 0.05) is 30.0 Å². The van der Waals surface area contributed by atoms with E-state index in [1.165, 1.54) is 0 Å². The maximum atomic E-state index is 9.86. The largest absolute Gasteiger partial charge is 0.261 e. The van der Waals surface area contributed by atoms with Crippen LogP contribution in [0.5, 0.6) is 0 Å². The standard InChI is InChI=1S/C17H18ClN3/c1-2-3-8-17(13-19,11-16-12-20-9-10-21-16)14-4-6-15(18)7-5-14/h4-7,9-10,12H,2-3,8,11H2,1H3. The van der Waals surface area contributed by atoms with Crippen molar-refractivity contribution in [3.63, 3.8) is 0 Å². The third kappa shape index (κ3) is 3.80. The molecule has 108 valence electrons. The van der Waals surface area contributed by atoms with Crippen LogP contribution in [-0.4, -0.2) is 9.97 Å². The molecule has 2 aromatic rings. The Morgan fingerprint density at radius 3 is 2.57 bits per heavy atom. The first-order valence-electron chi connectivity index (χ1n) is 7.12. The molecule has 0 fully saturated rings. The van der Waals surface area contributed by atoms with E-state index in [1.54, 1.807) is 18.6 Å². The predicted octanol–water partition coefficient (Wildman–Crippen LogP) is 4.32. The Bertz CT molecular complexity index is 604. The topological polar surface area (TPSA) is 49.6 Å². The van der Waals surface area contributed by atoms with Crippen molar-refractivity contribution in [2.75, 3.05) is 0 Å². The van der Waals surface area contributed by atoms with Gasteiger partial charge in [-0.25, -0.2) is 0 Å². The fourth-order valence-electron chi connectivity index (χ4n) is 2.47. The summed E-state index contributed by atoms with van der Waals surface area (Å²) < 4.78 is 0. The lowest BCUT2D eigenvalue weighted by Crippen LogP contribution is -2.27. The van der Waals surface area contributed by atoms with Gasteiger partial charge in [0.2, 0.25) is 0 Å². The summed E-state index contributed by atoms with van der Waals surface area (Å²) in [6, 6.07) is 10.1. The smallest absolute Gasteiger partial charge is 0.0878 e. The first-order valence-corrected chi connectivity index (χ1v) is 7.50. The van der Waals surface area contributed by atoms with Crippen molar-refractivity contribution in [2.24, 2.45) is 0 Å². The molecule has 0 aliphatic rings. The van der Waals surface area contributed by atoms with E-state index in [-0.39, 0.29) is 0 Å². The minimum Gasteiger partial charge on any atom is -0.261 e. The zero-order chi connectivity index (χ0) is 15.1. The van der Waals surface area contributed by atoms with E-state index in [2.05, 4.69) is 23.0 Å². The molecule has 4 heteroatoms. The van der Waals surface area contributed by atoms with Crippen LogP contribution in [0.1, 0.15) is 37.4 Å². The molecule has 0 aliphatic carbocycles. The monoisotopic (exact) mass is 299 g/mol. The van der Waals surface area contributed by atoms with Crippen molar-refractivity contribution in [1.29, 1.82) is 5.26 Å². The molecule has 0 N–H and O–H groups in total. The highest BCUT2D eigenvalue weighted by molar-refractivity contribution is 6.30. The van der Waals surface area contributed by atoms with Crippen molar-refractivity contribution in [1.82, 2.24) is 9.97 Å². The van der Waals surface area contributed by atoms with E-state index in [9.17, 15) is 5.26 Å². The minimum absolute atomic E-state index is 0.568. The summed E-state index contributed by atoms with van der Waals surface area (Å²) in [4.78, 5) is 8.42. The Hall–Kier alpha value is -1.92. The zero-order valence-electron chi connectivity index (χ0n) is 12.1. The third-order valence-corrected chi connectivity index (χ3v) is 3.92. The van der Waals surface area contributed by atoms with Crippen molar-refractivity contribution in [3.05, 3.63) is 59.1 Å².